The van der Waals surface area contributed by atoms with Crippen molar-refractivity contribution in [2.45, 2.75) is 23.9 Å². The van der Waals surface area contributed by atoms with E-state index >= 15 is 0 Å². The number of hydrogen-bond acceptors (Lipinski definition) is 4. The van der Waals surface area contributed by atoms with Crippen LogP contribution in [0.15, 0.2) is 17.3 Å². The molecule has 1 unspecified atom stereocenters. The molecule has 0 saturated heterocycles. The first-order valence-corrected chi connectivity index (χ1v) is 6.74. The van der Waals surface area contributed by atoms with Crippen molar-refractivity contribution in [2.24, 2.45) is 18.7 Å². The van der Waals surface area contributed by atoms with Crippen LogP contribution in [0.5, 0.6) is 0 Å². The maximum absolute atomic E-state index is 12.0. The first kappa shape index (κ1) is 12.1. The van der Waals surface area contributed by atoms with Crippen LogP contribution < -0.4 is 10.5 Å². The predicted molar refractivity (Wildman–Crippen MR) is 62.0 cm³/mol. The maximum atomic E-state index is 12.0. The van der Waals surface area contributed by atoms with E-state index in [1.54, 1.807) is 7.05 Å². The lowest BCUT2D eigenvalue weighted by Crippen LogP contribution is -2.45. The van der Waals surface area contributed by atoms with Crippen molar-refractivity contribution in [1.29, 1.82) is 5.41 Å². The van der Waals surface area contributed by atoms with Crippen LogP contribution in [-0.2, 0) is 17.1 Å². The van der Waals surface area contributed by atoms with Gasteiger partial charge in [0.25, 0.3) is 10.0 Å². The van der Waals surface area contributed by atoms with Gasteiger partial charge in [0.1, 0.15) is 5.84 Å². The van der Waals surface area contributed by atoms with Crippen molar-refractivity contribution in [3.8, 4) is 0 Å². The lowest BCUT2D eigenvalue weighted by Gasteiger charge is -2.16. The summed E-state index contributed by atoms with van der Waals surface area (Å²) in [5.74, 6) is 0.00810. The lowest BCUT2D eigenvalue weighted by molar-refractivity contribution is 0.547. The van der Waals surface area contributed by atoms with E-state index in [4.69, 9.17) is 11.1 Å². The first-order chi connectivity index (χ1) is 7.92. The molecule has 1 aromatic rings. The number of nitrogens with zero attached hydrogens (tertiary/aromatic N) is 2. The molecule has 7 nitrogen and oxygen atoms in total. The van der Waals surface area contributed by atoms with Gasteiger partial charge in [-0.15, -0.1) is 0 Å². The number of aromatic nitrogens is 2. The van der Waals surface area contributed by atoms with Crippen LogP contribution in [0.2, 0.25) is 0 Å². The molecule has 0 spiro atoms. The van der Waals surface area contributed by atoms with Crippen LogP contribution in [0, 0.1) is 11.3 Å². The number of amidine groups is 1. The van der Waals surface area contributed by atoms with Crippen LogP contribution >= 0.6 is 0 Å². The van der Waals surface area contributed by atoms with Gasteiger partial charge in [-0.3, -0.25) is 10.1 Å². The van der Waals surface area contributed by atoms with Crippen LogP contribution in [-0.4, -0.2) is 30.1 Å². The smallest absolute Gasteiger partial charge is 0.258 e. The van der Waals surface area contributed by atoms with Crippen LogP contribution in [0.25, 0.3) is 0 Å². The molecule has 1 heterocycles. The van der Waals surface area contributed by atoms with E-state index in [1.165, 1.54) is 16.9 Å². The first-order valence-electron chi connectivity index (χ1n) is 5.26. The minimum atomic E-state index is -3.67. The molecule has 1 saturated carbocycles. The fourth-order valence-electron chi connectivity index (χ4n) is 1.70. The summed E-state index contributed by atoms with van der Waals surface area (Å²) in [5.41, 5.74) is 5.41. The SMILES string of the molecule is Cn1nccc1S(=O)(=O)NC(C(=N)N)C1CC1. The van der Waals surface area contributed by atoms with Crippen molar-refractivity contribution < 1.29 is 8.42 Å². The molecule has 0 bridgehead atoms. The molecule has 1 aromatic heterocycles. The van der Waals surface area contributed by atoms with E-state index in [-0.39, 0.29) is 16.8 Å². The van der Waals surface area contributed by atoms with E-state index in [1.807, 2.05) is 0 Å². The average molecular weight is 257 g/mol. The molecule has 1 fully saturated rings. The summed E-state index contributed by atoms with van der Waals surface area (Å²) in [6.07, 6.45) is 3.21. The topological polar surface area (TPSA) is 114 Å². The average Bonchev–Trinajstić information content (AvgIpc) is 2.97. The summed E-state index contributed by atoms with van der Waals surface area (Å²) < 4.78 is 27.8. The molecule has 4 N–H and O–H groups in total. The number of aryl methyl sites for hydroxylation is 1. The number of rotatable bonds is 5. The van der Waals surface area contributed by atoms with Crippen LogP contribution in [0.4, 0.5) is 0 Å². The normalized spacial score (nSPS) is 17.9. The standard InChI is InChI=1S/C9H15N5O2S/c1-14-7(4-5-12-14)17(15,16)13-8(9(10)11)6-2-3-6/h4-6,8,13H,2-3H2,1H3,(H3,10,11). The summed E-state index contributed by atoms with van der Waals surface area (Å²) in [5, 5.41) is 11.3. The zero-order valence-electron chi connectivity index (χ0n) is 9.42. The van der Waals surface area contributed by atoms with Gasteiger partial charge < -0.3 is 5.73 Å². The predicted octanol–water partition coefficient (Wildman–Crippen LogP) is -0.587. The summed E-state index contributed by atoms with van der Waals surface area (Å²) in [6, 6.07) is 0.807. The fourth-order valence-corrected chi connectivity index (χ4v) is 3.11. The van der Waals surface area contributed by atoms with Gasteiger partial charge in [-0.2, -0.15) is 9.82 Å². The molecule has 8 heteroatoms. The van der Waals surface area contributed by atoms with E-state index in [0.29, 0.717) is 0 Å². The molecule has 1 aliphatic carbocycles. The molecular formula is C9H15N5O2S. The van der Waals surface area contributed by atoms with E-state index < -0.39 is 16.1 Å². The van der Waals surface area contributed by atoms with Crippen molar-refractivity contribution in [3.63, 3.8) is 0 Å². The highest BCUT2D eigenvalue weighted by Gasteiger charge is 2.36. The Balaban J connectivity index is 2.22. The van der Waals surface area contributed by atoms with Gasteiger partial charge >= 0.3 is 0 Å². The summed E-state index contributed by atoms with van der Waals surface area (Å²) in [7, 11) is -2.12. The van der Waals surface area contributed by atoms with Crippen molar-refractivity contribution >= 4 is 15.9 Å². The van der Waals surface area contributed by atoms with E-state index in [9.17, 15) is 8.42 Å². The largest absolute Gasteiger partial charge is 0.386 e. The second-order valence-electron chi connectivity index (χ2n) is 4.18. The molecule has 1 atom stereocenters. The second kappa shape index (κ2) is 4.11. The zero-order valence-corrected chi connectivity index (χ0v) is 10.2. The number of nitrogens with two attached hydrogens (primary N) is 1. The highest BCUT2D eigenvalue weighted by molar-refractivity contribution is 7.89. The summed E-state index contributed by atoms with van der Waals surface area (Å²) in [4.78, 5) is 0. The Bertz CT molecular complexity index is 531. The molecule has 17 heavy (non-hydrogen) atoms. The lowest BCUT2D eigenvalue weighted by atomic mass is 10.2. The molecule has 0 radical (unpaired) electrons. The Morgan fingerprint density at radius 2 is 2.35 bits per heavy atom. The maximum Gasteiger partial charge on any atom is 0.258 e. The fraction of sp³-hybridized carbons (Fsp3) is 0.556. The van der Waals surface area contributed by atoms with Gasteiger partial charge in [0, 0.05) is 7.05 Å². The molecule has 0 amide bonds. The van der Waals surface area contributed by atoms with Gasteiger partial charge in [-0.25, -0.2) is 8.42 Å². The third-order valence-electron chi connectivity index (χ3n) is 2.76. The van der Waals surface area contributed by atoms with Crippen LogP contribution in [0.1, 0.15) is 12.8 Å². The third-order valence-corrected chi connectivity index (χ3v) is 4.28. The van der Waals surface area contributed by atoms with E-state index in [0.717, 1.165) is 12.8 Å². The summed E-state index contributed by atoms with van der Waals surface area (Å²) in [6.45, 7) is 0. The van der Waals surface area contributed by atoms with E-state index in [2.05, 4.69) is 9.82 Å². The molecule has 2 rings (SSSR count). The second-order valence-corrected chi connectivity index (χ2v) is 5.85. The quantitative estimate of drug-likeness (QED) is 0.483. The zero-order chi connectivity index (χ0) is 12.6. The summed E-state index contributed by atoms with van der Waals surface area (Å²) >= 11 is 0. The molecule has 0 aliphatic heterocycles. The van der Waals surface area contributed by atoms with Crippen molar-refractivity contribution in [3.05, 3.63) is 12.3 Å². The Kier molecular flexibility index (Phi) is 2.92. The van der Waals surface area contributed by atoms with Crippen molar-refractivity contribution in [2.75, 3.05) is 0 Å². The Labute approximate surface area is 99.6 Å². The number of sulfonamides is 1. The van der Waals surface area contributed by atoms with Gasteiger partial charge in [0.05, 0.1) is 12.2 Å². The van der Waals surface area contributed by atoms with Gasteiger partial charge in [-0.05, 0) is 24.8 Å². The third kappa shape index (κ3) is 2.47. The van der Waals surface area contributed by atoms with Crippen molar-refractivity contribution in [1.82, 2.24) is 14.5 Å². The minimum Gasteiger partial charge on any atom is -0.386 e. The van der Waals surface area contributed by atoms with Gasteiger partial charge in [0.2, 0.25) is 0 Å². The number of hydrogen-bond donors (Lipinski definition) is 3. The van der Waals surface area contributed by atoms with Gasteiger partial charge in [-0.1, -0.05) is 0 Å². The number of nitrogens with one attached hydrogen (secondary N) is 2. The highest BCUT2D eigenvalue weighted by atomic mass is 32.2. The Morgan fingerprint density at radius 1 is 1.71 bits per heavy atom. The molecule has 1 aliphatic rings. The van der Waals surface area contributed by atoms with Crippen LogP contribution in [0.3, 0.4) is 0 Å². The molecular weight excluding hydrogens is 242 g/mol. The monoisotopic (exact) mass is 257 g/mol. The van der Waals surface area contributed by atoms with Gasteiger partial charge in [0.15, 0.2) is 5.03 Å². The Morgan fingerprint density at radius 3 is 2.76 bits per heavy atom. The minimum absolute atomic E-state index is 0.0735. The Hall–Kier alpha value is -1.41. The molecule has 0 aromatic carbocycles. The molecule has 94 valence electrons. The highest BCUT2D eigenvalue weighted by Crippen LogP contribution is 2.33.